The molecule has 4 N–H and O–H groups in total. The highest BCUT2D eigenvalue weighted by Gasteiger charge is 2.04. The van der Waals surface area contributed by atoms with Crippen LogP contribution in [0.2, 0.25) is 0 Å². The number of carbonyl (C=O) groups is 1. The lowest BCUT2D eigenvalue weighted by atomic mass is 10.2. The van der Waals surface area contributed by atoms with Gasteiger partial charge in [0.2, 0.25) is 5.91 Å². The second-order valence-electron chi connectivity index (χ2n) is 5.29. The number of ether oxygens (including phenoxy) is 1. The lowest BCUT2D eigenvalue weighted by Gasteiger charge is -2.10. The van der Waals surface area contributed by atoms with Crippen molar-refractivity contribution in [1.82, 2.24) is 0 Å². The molecule has 0 heterocycles. The number of nitrogens with one attached hydrogen (secondary N) is 2. The Bertz CT molecular complexity index is 732. The fourth-order valence-corrected chi connectivity index (χ4v) is 2.40. The number of rotatable bonds is 7. The summed E-state index contributed by atoms with van der Waals surface area (Å²) in [6.45, 7) is 0.777. The highest BCUT2D eigenvalue weighted by molar-refractivity contribution is 9.10. The Labute approximate surface area is 155 Å². The van der Waals surface area contributed by atoms with Crippen molar-refractivity contribution in [1.29, 1.82) is 0 Å². The van der Waals surface area contributed by atoms with Gasteiger partial charge in [0.1, 0.15) is 0 Å². The largest absolute Gasteiger partial charge is 0.380 e. The van der Waals surface area contributed by atoms with E-state index < -0.39 is 0 Å². The zero-order chi connectivity index (χ0) is 18.1. The number of para-hydroxylation sites is 1. The fraction of sp³-hybridized carbons (Fsp3) is 0.222. The molecular weight excluding hydrogens is 384 g/mol. The van der Waals surface area contributed by atoms with Crippen LogP contribution in [-0.2, 0) is 16.1 Å². The SMILES string of the molecule is COCc1ccccc1NC(N)=NCCC(=O)Nc1ccc(Br)cc1. The van der Waals surface area contributed by atoms with E-state index in [2.05, 4.69) is 31.6 Å². The number of carbonyl (C=O) groups excluding carboxylic acids is 1. The number of benzene rings is 2. The number of hydrogen-bond acceptors (Lipinski definition) is 3. The maximum absolute atomic E-state index is 11.9. The van der Waals surface area contributed by atoms with Gasteiger partial charge in [-0.1, -0.05) is 34.1 Å². The predicted octanol–water partition coefficient (Wildman–Crippen LogP) is 3.35. The van der Waals surface area contributed by atoms with Gasteiger partial charge >= 0.3 is 0 Å². The molecule has 0 unspecified atom stereocenters. The minimum Gasteiger partial charge on any atom is -0.380 e. The highest BCUT2D eigenvalue weighted by atomic mass is 79.9. The second kappa shape index (κ2) is 9.80. The summed E-state index contributed by atoms with van der Waals surface area (Å²) in [5.41, 5.74) is 8.45. The van der Waals surface area contributed by atoms with Crippen LogP contribution in [0.15, 0.2) is 58.0 Å². The third-order valence-electron chi connectivity index (χ3n) is 3.33. The number of nitrogens with zero attached hydrogens (tertiary/aromatic N) is 1. The molecule has 7 heteroatoms. The van der Waals surface area contributed by atoms with Crippen LogP contribution >= 0.6 is 15.9 Å². The first-order chi connectivity index (χ1) is 12.1. The van der Waals surface area contributed by atoms with Crippen LogP contribution in [-0.4, -0.2) is 25.5 Å². The Balaban J connectivity index is 1.83. The van der Waals surface area contributed by atoms with E-state index in [1.54, 1.807) is 7.11 Å². The molecule has 2 aromatic carbocycles. The highest BCUT2D eigenvalue weighted by Crippen LogP contribution is 2.16. The van der Waals surface area contributed by atoms with Gasteiger partial charge in [-0.05, 0) is 30.3 Å². The Kier molecular flexibility index (Phi) is 7.43. The van der Waals surface area contributed by atoms with Gasteiger partial charge in [-0.3, -0.25) is 9.79 Å². The number of methoxy groups -OCH3 is 1. The normalized spacial score (nSPS) is 11.2. The summed E-state index contributed by atoms with van der Waals surface area (Å²) in [6, 6.07) is 15.1. The maximum Gasteiger partial charge on any atom is 0.226 e. The molecule has 6 nitrogen and oxygen atoms in total. The Morgan fingerprint density at radius 2 is 1.88 bits per heavy atom. The molecule has 0 aromatic heterocycles. The standard InChI is InChI=1S/C18H21BrN4O2/c1-25-12-13-4-2-3-5-16(13)23-18(20)21-11-10-17(24)22-15-8-6-14(19)7-9-15/h2-9H,10-12H2,1H3,(H,22,24)(H3,20,21,23). The van der Waals surface area contributed by atoms with Gasteiger partial charge in [0.25, 0.3) is 0 Å². The van der Waals surface area contributed by atoms with Crippen LogP contribution in [0.4, 0.5) is 11.4 Å². The third-order valence-corrected chi connectivity index (χ3v) is 3.86. The van der Waals surface area contributed by atoms with E-state index in [9.17, 15) is 4.79 Å². The molecule has 0 saturated heterocycles. The Hall–Kier alpha value is -2.38. The number of nitrogens with two attached hydrogens (primary N) is 1. The van der Waals surface area contributed by atoms with Crippen molar-refractivity contribution in [3.05, 3.63) is 58.6 Å². The van der Waals surface area contributed by atoms with Crippen LogP contribution < -0.4 is 16.4 Å². The van der Waals surface area contributed by atoms with Crippen molar-refractivity contribution in [3.8, 4) is 0 Å². The van der Waals surface area contributed by atoms with E-state index >= 15 is 0 Å². The van der Waals surface area contributed by atoms with Gasteiger partial charge in [0.05, 0.1) is 13.2 Å². The van der Waals surface area contributed by atoms with Crippen LogP contribution in [0.3, 0.4) is 0 Å². The average molecular weight is 405 g/mol. The zero-order valence-electron chi connectivity index (χ0n) is 14.0. The minimum atomic E-state index is -0.112. The molecule has 0 spiro atoms. The molecule has 0 aliphatic carbocycles. The molecule has 0 radical (unpaired) electrons. The molecule has 0 bridgehead atoms. The summed E-state index contributed by atoms with van der Waals surface area (Å²) in [7, 11) is 1.64. The monoisotopic (exact) mass is 404 g/mol. The lowest BCUT2D eigenvalue weighted by molar-refractivity contribution is -0.116. The molecule has 1 amide bonds. The van der Waals surface area contributed by atoms with Gasteiger partial charge in [-0.25, -0.2) is 0 Å². The van der Waals surface area contributed by atoms with Crippen LogP contribution in [0.5, 0.6) is 0 Å². The van der Waals surface area contributed by atoms with Crippen molar-refractivity contribution < 1.29 is 9.53 Å². The molecule has 0 fully saturated rings. The molecule has 132 valence electrons. The number of amides is 1. The first-order valence-corrected chi connectivity index (χ1v) is 8.57. The number of guanidine groups is 1. The molecule has 25 heavy (non-hydrogen) atoms. The number of aliphatic imine (C=N–C) groups is 1. The summed E-state index contributed by atoms with van der Waals surface area (Å²) >= 11 is 3.35. The fourth-order valence-electron chi connectivity index (χ4n) is 2.14. The Morgan fingerprint density at radius 1 is 1.16 bits per heavy atom. The van der Waals surface area contributed by atoms with Gasteiger partial charge in [-0.2, -0.15) is 0 Å². The third kappa shape index (κ3) is 6.56. The Morgan fingerprint density at radius 3 is 2.60 bits per heavy atom. The van der Waals surface area contributed by atoms with Gasteiger partial charge in [-0.15, -0.1) is 0 Å². The smallest absolute Gasteiger partial charge is 0.226 e. The van der Waals surface area contributed by atoms with Crippen molar-refractivity contribution >= 4 is 39.2 Å². The van der Waals surface area contributed by atoms with E-state index in [0.717, 1.165) is 21.4 Å². The molecule has 0 aliphatic rings. The first-order valence-electron chi connectivity index (χ1n) is 7.77. The second-order valence-corrected chi connectivity index (χ2v) is 6.20. The van der Waals surface area contributed by atoms with Crippen molar-refractivity contribution in [2.45, 2.75) is 13.0 Å². The summed E-state index contributed by atoms with van der Waals surface area (Å²) in [5.74, 6) is 0.152. The van der Waals surface area contributed by atoms with Crippen molar-refractivity contribution in [3.63, 3.8) is 0 Å². The summed E-state index contributed by atoms with van der Waals surface area (Å²) in [4.78, 5) is 16.1. The molecule has 2 aromatic rings. The topological polar surface area (TPSA) is 88.7 Å². The van der Waals surface area contributed by atoms with E-state index in [1.165, 1.54) is 0 Å². The number of halogens is 1. The van der Waals surface area contributed by atoms with E-state index in [0.29, 0.717) is 13.2 Å². The molecular formula is C18H21BrN4O2. The summed E-state index contributed by atoms with van der Waals surface area (Å²) < 4.78 is 6.11. The van der Waals surface area contributed by atoms with Crippen molar-refractivity contribution in [2.24, 2.45) is 10.7 Å². The lowest BCUT2D eigenvalue weighted by Crippen LogP contribution is -2.24. The number of anilines is 2. The molecule has 0 saturated carbocycles. The van der Waals surface area contributed by atoms with E-state index in [4.69, 9.17) is 10.5 Å². The van der Waals surface area contributed by atoms with Crippen LogP contribution in [0.1, 0.15) is 12.0 Å². The molecule has 2 rings (SSSR count). The summed E-state index contributed by atoms with van der Waals surface area (Å²) in [5, 5.41) is 5.85. The van der Waals surface area contributed by atoms with Crippen LogP contribution in [0.25, 0.3) is 0 Å². The average Bonchev–Trinajstić information content (AvgIpc) is 2.59. The maximum atomic E-state index is 11.9. The first kappa shape index (κ1) is 19.0. The molecule has 0 aliphatic heterocycles. The quantitative estimate of drug-likeness (QED) is 0.487. The van der Waals surface area contributed by atoms with Crippen LogP contribution in [0, 0.1) is 0 Å². The van der Waals surface area contributed by atoms with Gasteiger partial charge in [0, 0.05) is 34.9 Å². The summed E-state index contributed by atoms with van der Waals surface area (Å²) in [6.07, 6.45) is 0.248. The number of hydrogen-bond donors (Lipinski definition) is 3. The van der Waals surface area contributed by atoms with E-state index in [-0.39, 0.29) is 18.3 Å². The van der Waals surface area contributed by atoms with Gasteiger partial charge in [0.15, 0.2) is 5.96 Å². The zero-order valence-corrected chi connectivity index (χ0v) is 15.5. The van der Waals surface area contributed by atoms with E-state index in [1.807, 2.05) is 48.5 Å². The van der Waals surface area contributed by atoms with Crippen molar-refractivity contribution in [2.75, 3.05) is 24.3 Å². The predicted molar refractivity (Wildman–Crippen MR) is 105 cm³/mol. The van der Waals surface area contributed by atoms with Gasteiger partial charge < -0.3 is 21.1 Å². The minimum absolute atomic E-state index is 0.112. The molecule has 0 atom stereocenters.